The Labute approximate surface area is 99.3 Å². The van der Waals surface area contributed by atoms with Crippen LogP contribution in [0.1, 0.15) is 17.4 Å². The Morgan fingerprint density at radius 3 is 2.65 bits per heavy atom. The van der Waals surface area contributed by atoms with Crippen molar-refractivity contribution in [3.8, 4) is 0 Å². The summed E-state index contributed by atoms with van der Waals surface area (Å²) < 4.78 is 0. The molecule has 17 heavy (non-hydrogen) atoms. The average Bonchev–Trinajstić information content (AvgIpc) is 2.28. The topological polar surface area (TPSA) is 82.5 Å². The van der Waals surface area contributed by atoms with Gasteiger partial charge in [0.2, 0.25) is 5.91 Å². The molecule has 0 saturated heterocycles. The largest absolute Gasteiger partial charge is 0.477 e. The van der Waals surface area contributed by atoms with Gasteiger partial charge in [0, 0.05) is 26.0 Å². The molecular weight excluding hydrogens is 222 g/mol. The monoisotopic (exact) mass is 237 g/mol. The summed E-state index contributed by atoms with van der Waals surface area (Å²) in [7, 11) is 3.32. The van der Waals surface area contributed by atoms with Gasteiger partial charge in [-0.2, -0.15) is 0 Å². The number of rotatable bonds is 4. The van der Waals surface area contributed by atoms with Crippen molar-refractivity contribution >= 4 is 17.6 Å². The smallest absolute Gasteiger partial charge is 0.354 e. The fourth-order valence-electron chi connectivity index (χ4n) is 1.34. The second-order valence-corrected chi connectivity index (χ2v) is 3.83. The van der Waals surface area contributed by atoms with E-state index in [4.69, 9.17) is 5.11 Å². The van der Waals surface area contributed by atoms with Gasteiger partial charge in [0.15, 0.2) is 0 Å². The quantitative estimate of drug-likeness (QED) is 0.804. The molecule has 1 aromatic heterocycles. The van der Waals surface area contributed by atoms with Gasteiger partial charge >= 0.3 is 5.97 Å². The maximum atomic E-state index is 11.6. The third-order valence-corrected chi connectivity index (χ3v) is 2.17. The summed E-state index contributed by atoms with van der Waals surface area (Å²) in [5.41, 5.74) is 0.500. The Kier molecular flexibility index (Phi) is 4.03. The van der Waals surface area contributed by atoms with Crippen LogP contribution in [0.25, 0.3) is 0 Å². The molecule has 0 aromatic carbocycles. The van der Waals surface area contributed by atoms with E-state index in [-0.39, 0.29) is 11.6 Å². The molecule has 0 saturated carbocycles. The molecule has 1 atom stereocenters. The fourth-order valence-corrected chi connectivity index (χ4v) is 1.34. The molecule has 1 amide bonds. The molecule has 6 nitrogen and oxygen atoms in total. The van der Waals surface area contributed by atoms with Crippen LogP contribution in [0, 0.1) is 0 Å². The van der Waals surface area contributed by atoms with Crippen LogP contribution >= 0.6 is 0 Å². The molecule has 0 fully saturated rings. The van der Waals surface area contributed by atoms with Gasteiger partial charge in [-0.1, -0.05) is 0 Å². The summed E-state index contributed by atoms with van der Waals surface area (Å²) in [4.78, 5) is 27.5. The van der Waals surface area contributed by atoms with Crippen LogP contribution in [0.5, 0.6) is 0 Å². The van der Waals surface area contributed by atoms with Crippen molar-refractivity contribution in [2.45, 2.75) is 13.0 Å². The maximum Gasteiger partial charge on any atom is 0.354 e. The van der Waals surface area contributed by atoms with Crippen molar-refractivity contribution in [1.82, 2.24) is 9.88 Å². The molecule has 1 heterocycles. The summed E-state index contributed by atoms with van der Waals surface area (Å²) in [5.74, 6) is -1.18. The minimum absolute atomic E-state index is 0.0560. The number of anilines is 1. The summed E-state index contributed by atoms with van der Waals surface area (Å²) in [5, 5.41) is 11.7. The Morgan fingerprint density at radius 2 is 2.12 bits per heavy atom. The summed E-state index contributed by atoms with van der Waals surface area (Å²) >= 11 is 0. The fraction of sp³-hybridized carbons (Fsp3) is 0.364. The first kappa shape index (κ1) is 13.0. The lowest BCUT2D eigenvalue weighted by molar-refractivity contribution is -0.129. The van der Waals surface area contributed by atoms with Crippen molar-refractivity contribution in [3.63, 3.8) is 0 Å². The van der Waals surface area contributed by atoms with Crippen LogP contribution in [0.3, 0.4) is 0 Å². The lowest BCUT2D eigenvalue weighted by Gasteiger charge is -2.18. The van der Waals surface area contributed by atoms with Gasteiger partial charge in [0.25, 0.3) is 0 Å². The molecule has 6 heteroatoms. The van der Waals surface area contributed by atoms with Gasteiger partial charge in [0.05, 0.1) is 0 Å². The number of nitrogens with one attached hydrogen (secondary N) is 1. The van der Waals surface area contributed by atoms with E-state index in [1.165, 1.54) is 17.2 Å². The number of pyridine rings is 1. The number of likely N-dealkylation sites (N-methyl/N-ethyl adjacent to an activating group) is 1. The lowest BCUT2D eigenvalue weighted by Crippen LogP contribution is -2.36. The molecule has 0 spiro atoms. The van der Waals surface area contributed by atoms with Gasteiger partial charge in [-0.15, -0.1) is 0 Å². The second-order valence-electron chi connectivity index (χ2n) is 3.83. The van der Waals surface area contributed by atoms with Crippen molar-refractivity contribution in [3.05, 3.63) is 24.0 Å². The van der Waals surface area contributed by atoms with E-state index in [2.05, 4.69) is 10.3 Å². The minimum Gasteiger partial charge on any atom is -0.477 e. The minimum atomic E-state index is -1.10. The van der Waals surface area contributed by atoms with Crippen molar-refractivity contribution in [2.75, 3.05) is 19.4 Å². The van der Waals surface area contributed by atoms with Crippen molar-refractivity contribution in [2.24, 2.45) is 0 Å². The first-order chi connectivity index (χ1) is 7.91. The molecule has 0 aliphatic carbocycles. The molecule has 0 aliphatic rings. The predicted molar refractivity (Wildman–Crippen MR) is 63.0 cm³/mol. The number of carbonyl (C=O) groups is 2. The van der Waals surface area contributed by atoms with Crippen LogP contribution in [-0.4, -0.2) is 47.0 Å². The molecule has 0 aliphatic heterocycles. The summed E-state index contributed by atoms with van der Waals surface area (Å²) in [6.07, 6.45) is 1.39. The predicted octanol–water partition coefficient (Wildman–Crippen LogP) is 0.668. The van der Waals surface area contributed by atoms with Crippen LogP contribution in [0.2, 0.25) is 0 Å². The van der Waals surface area contributed by atoms with Gasteiger partial charge < -0.3 is 15.3 Å². The van der Waals surface area contributed by atoms with E-state index in [1.807, 2.05) is 0 Å². The Balaban J connectivity index is 2.78. The van der Waals surface area contributed by atoms with Crippen molar-refractivity contribution in [1.29, 1.82) is 0 Å². The van der Waals surface area contributed by atoms with Crippen LogP contribution in [-0.2, 0) is 4.79 Å². The van der Waals surface area contributed by atoms with E-state index in [1.54, 1.807) is 27.1 Å². The van der Waals surface area contributed by atoms with E-state index in [0.29, 0.717) is 5.69 Å². The van der Waals surface area contributed by atoms with E-state index < -0.39 is 12.0 Å². The second kappa shape index (κ2) is 5.29. The highest BCUT2D eigenvalue weighted by molar-refractivity contribution is 5.87. The zero-order chi connectivity index (χ0) is 13.0. The van der Waals surface area contributed by atoms with E-state index in [9.17, 15) is 9.59 Å². The molecule has 0 radical (unpaired) electrons. The normalized spacial score (nSPS) is 11.7. The van der Waals surface area contributed by atoms with Crippen LogP contribution in [0.15, 0.2) is 18.3 Å². The number of amides is 1. The number of aromatic nitrogens is 1. The number of hydrogen-bond acceptors (Lipinski definition) is 4. The third kappa shape index (κ3) is 3.44. The molecule has 0 bridgehead atoms. The van der Waals surface area contributed by atoms with Gasteiger partial charge in [-0.25, -0.2) is 9.78 Å². The molecule has 2 N–H and O–H groups in total. The maximum absolute atomic E-state index is 11.6. The lowest BCUT2D eigenvalue weighted by atomic mass is 10.2. The van der Waals surface area contributed by atoms with Crippen LogP contribution < -0.4 is 5.32 Å². The molecule has 1 aromatic rings. The van der Waals surface area contributed by atoms with E-state index in [0.717, 1.165) is 0 Å². The molecule has 1 unspecified atom stereocenters. The Hall–Kier alpha value is -2.11. The highest BCUT2D eigenvalue weighted by Gasteiger charge is 2.15. The molecule has 92 valence electrons. The SMILES string of the molecule is CC(Nc1ccnc(C(=O)O)c1)C(=O)N(C)C. The zero-order valence-corrected chi connectivity index (χ0v) is 9.97. The van der Waals surface area contributed by atoms with E-state index >= 15 is 0 Å². The van der Waals surface area contributed by atoms with Gasteiger partial charge in [-0.3, -0.25) is 4.79 Å². The Morgan fingerprint density at radius 1 is 1.47 bits per heavy atom. The van der Waals surface area contributed by atoms with Crippen LogP contribution in [0.4, 0.5) is 5.69 Å². The number of hydrogen-bond donors (Lipinski definition) is 2. The molecule has 1 rings (SSSR count). The van der Waals surface area contributed by atoms with Crippen molar-refractivity contribution < 1.29 is 14.7 Å². The standard InChI is InChI=1S/C11H15N3O3/c1-7(10(15)14(2)3)13-8-4-5-12-9(6-8)11(16)17/h4-7H,1-3H3,(H,12,13)(H,16,17). The number of carboxylic acid groups (broad SMARTS) is 1. The van der Waals surface area contributed by atoms with Gasteiger partial charge in [-0.05, 0) is 19.1 Å². The summed E-state index contributed by atoms with van der Waals surface area (Å²) in [6.45, 7) is 1.71. The number of carboxylic acids is 1. The first-order valence-electron chi connectivity index (χ1n) is 5.09. The first-order valence-corrected chi connectivity index (χ1v) is 5.09. The number of nitrogens with zero attached hydrogens (tertiary/aromatic N) is 2. The third-order valence-electron chi connectivity index (χ3n) is 2.17. The highest BCUT2D eigenvalue weighted by Crippen LogP contribution is 2.10. The van der Waals surface area contributed by atoms with Gasteiger partial charge in [0.1, 0.15) is 11.7 Å². The number of carbonyl (C=O) groups excluding carboxylic acids is 1. The summed E-state index contributed by atoms with van der Waals surface area (Å²) in [6, 6.07) is 2.59. The highest BCUT2D eigenvalue weighted by atomic mass is 16.4. The average molecular weight is 237 g/mol. The number of aromatic carboxylic acids is 1. The Bertz CT molecular complexity index is 432. The molecular formula is C11H15N3O3. The zero-order valence-electron chi connectivity index (χ0n) is 9.97.